The predicted octanol–water partition coefficient (Wildman–Crippen LogP) is 2.53. The van der Waals surface area contributed by atoms with Gasteiger partial charge in [0.1, 0.15) is 0 Å². The van der Waals surface area contributed by atoms with Crippen LogP contribution in [0.25, 0.3) is 11.3 Å². The minimum Gasteiger partial charge on any atom is -0.476 e. The highest BCUT2D eigenvalue weighted by atomic mass is 16.5. The summed E-state index contributed by atoms with van der Waals surface area (Å²) in [6.07, 6.45) is 3.41. The Morgan fingerprint density at radius 1 is 1.24 bits per heavy atom. The van der Waals surface area contributed by atoms with E-state index in [1.165, 1.54) is 23.6 Å². The van der Waals surface area contributed by atoms with Crippen LogP contribution in [0.15, 0.2) is 28.8 Å². The predicted molar refractivity (Wildman–Crippen MR) is 60.9 cm³/mol. The van der Waals surface area contributed by atoms with Crippen molar-refractivity contribution in [2.75, 3.05) is 0 Å². The molecule has 1 heterocycles. The van der Waals surface area contributed by atoms with E-state index in [-0.39, 0.29) is 5.69 Å². The summed E-state index contributed by atoms with van der Waals surface area (Å²) in [6, 6.07) is 7.56. The Morgan fingerprint density at radius 3 is 2.82 bits per heavy atom. The lowest BCUT2D eigenvalue weighted by Crippen LogP contribution is -1.94. The number of aromatic carboxylic acids is 1. The lowest BCUT2D eigenvalue weighted by Gasteiger charge is -2.00. The Morgan fingerprint density at radius 2 is 2.06 bits per heavy atom. The SMILES string of the molecule is O=C(O)c1cc(-c2ccc3c(c2)CCC3)on1. The van der Waals surface area contributed by atoms with Crippen LogP contribution in [0.1, 0.15) is 28.0 Å². The third kappa shape index (κ3) is 1.71. The molecule has 0 saturated heterocycles. The molecule has 0 amide bonds. The van der Waals surface area contributed by atoms with Crippen molar-refractivity contribution < 1.29 is 14.4 Å². The summed E-state index contributed by atoms with van der Waals surface area (Å²) in [5.74, 6) is -0.557. The van der Waals surface area contributed by atoms with Crippen LogP contribution in [0, 0.1) is 0 Å². The molecule has 17 heavy (non-hydrogen) atoms. The minimum atomic E-state index is -1.07. The number of rotatable bonds is 2. The van der Waals surface area contributed by atoms with Crippen LogP contribution in [-0.4, -0.2) is 16.2 Å². The molecule has 1 aromatic heterocycles. The Kier molecular flexibility index (Phi) is 2.21. The molecule has 1 aliphatic carbocycles. The fraction of sp³-hybridized carbons (Fsp3) is 0.231. The number of hydrogen-bond donors (Lipinski definition) is 1. The van der Waals surface area contributed by atoms with E-state index in [1.807, 2.05) is 6.07 Å². The second kappa shape index (κ2) is 3.73. The van der Waals surface area contributed by atoms with Gasteiger partial charge in [-0.15, -0.1) is 0 Å². The first-order chi connectivity index (χ1) is 8.24. The zero-order valence-electron chi connectivity index (χ0n) is 9.14. The van der Waals surface area contributed by atoms with Gasteiger partial charge in [0.15, 0.2) is 11.5 Å². The normalized spacial score (nSPS) is 13.6. The van der Waals surface area contributed by atoms with Gasteiger partial charge in [-0.3, -0.25) is 0 Å². The first-order valence-electron chi connectivity index (χ1n) is 5.56. The smallest absolute Gasteiger partial charge is 0.358 e. The number of fused-ring (bicyclic) bond motifs is 1. The quantitative estimate of drug-likeness (QED) is 0.859. The van der Waals surface area contributed by atoms with E-state index in [9.17, 15) is 4.79 Å². The van der Waals surface area contributed by atoms with E-state index in [4.69, 9.17) is 9.63 Å². The molecule has 4 nitrogen and oxygen atoms in total. The third-order valence-electron chi connectivity index (χ3n) is 3.11. The average molecular weight is 229 g/mol. The molecule has 2 aromatic rings. The van der Waals surface area contributed by atoms with Crippen molar-refractivity contribution in [2.45, 2.75) is 19.3 Å². The fourth-order valence-corrected chi connectivity index (χ4v) is 2.24. The fourth-order valence-electron chi connectivity index (χ4n) is 2.24. The van der Waals surface area contributed by atoms with Gasteiger partial charge in [0.05, 0.1) is 0 Å². The molecule has 0 fully saturated rings. The molecule has 3 rings (SSSR count). The van der Waals surface area contributed by atoms with E-state index in [2.05, 4.69) is 17.3 Å². The lowest BCUT2D eigenvalue weighted by molar-refractivity contribution is 0.0686. The summed E-state index contributed by atoms with van der Waals surface area (Å²) in [5.41, 5.74) is 3.55. The van der Waals surface area contributed by atoms with Gasteiger partial charge in [-0.25, -0.2) is 4.79 Å². The second-order valence-electron chi connectivity index (χ2n) is 4.22. The standard InChI is InChI=1S/C13H11NO3/c15-13(16)11-7-12(17-14-11)10-5-4-8-2-1-3-9(8)6-10/h4-7H,1-3H2,(H,15,16). The highest BCUT2D eigenvalue weighted by Gasteiger charge is 2.15. The average Bonchev–Trinajstić information content (AvgIpc) is 2.97. The highest BCUT2D eigenvalue weighted by molar-refractivity contribution is 5.86. The maximum Gasteiger partial charge on any atom is 0.358 e. The van der Waals surface area contributed by atoms with Gasteiger partial charge in [0, 0.05) is 11.6 Å². The number of nitrogens with zero attached hydrogens (tertiary/aromatic N) is 1. The van der Waals surface area contributed by atoms with Gasteiger partial charge in [-0.05, 0) is 36.5 Å². The summed E-state index contributed by atoms with van der Waals surface area (Å²) in [5, 5.41) is 12.3. The van der Waals surface area contributed by atoms with Crippen molar-refractivity contribution in [3.63, 3.8) is 0 Å². The van der Waals surface area contributed by atoms with Crippen LogP contribution in [0.3, 0.4) is 0 Å². The molecule has 0 unspecified atom stereocenters. The zero-order valence-corrected chi connectivity index (χ0v) is 9.14. The van der Waals surface area contributed by atoms with Crippen molar-refractivity contribution in [1.29, 1.82) is 0 Å². The molecular weight excluding hydrogens is 218 g/mol. The van der Waals surface area contributed by atoms with Crippen LogP contribution in [0.5, 0.6) is 0 Å². The number of aryl methyl sites for hydroxylation is 2. The minimum absolute atomic E-state index is 0.0551. The van der Waals surface area contributed by atoms with Gasteiger partial charge in [0.2, 0.25) is 0 Å². The van der Waals surface area contributed by atoms with E-state index in [0.717, 1.165) is 18.4 Å². The topological polar surface area (TPSA) is 63.3 Å². The molecule has 86 valence electrons. The van der Waals surface area contributed by atoms with Gasteiger partial charge in [-0.2, -0.15) is 0 Å². The summed E-state index contributed by atoms with van der Waals surface area (Å²) in [7, 11) is 0. The molecule has 1 aliphatic rings. The summed E-state index contributed by atoms with van der Waals surface area (Å²) in [6.45, 7) is 0. The van der Waals surface area contributed by atoms with Gasteiger partial charge in [0.25, 0.3) is 0 Å². The first kappa shape index (κ1) is 10.1. The van der Waals surface area contributed by atoms with Gasteiger partial charge < -0.3 is 9.63 Å². The van der Waals surface area contributed by atoms with Crippen molar-refractivity contribution in [3.8, 4) is 11.3 Å². The van der Waals surface area contributed by atoms with Crippen LogP contribution in [0.2, 0.25) is 0 Å². The highest BCUT2D eigenvalue weighted by Crippen LogP contribution is 2.28. The second-order valence-corrected chi connectivity index (χ2v) is 4.22. The van der Waals surface area contributed by atoms with Crippen LogP contribution in [-0.2, 0) is 12.8 Å². The number of aromatic nitrogens is 1. The molecule has 0 radical (unpaired) electrons. The van der Waals surface area contributed by atoms with Crippen LogP contribution < -0.4 is 0 Å². The van der Waals surface area contributed by atoms with Crippen molar-refractivity contribution in [3.05, 3.63) is 41.1 Å². The molecule has 1 N–H and O–H groups in total. The molecule has 1 aromatic carbocycles. The molecule has 4 heteroatoms. The van der Waals surface area contributed by atoms with Crippen molar-refractivity contribution in [2.24, 2.45) is 0 Å². The van der Waals surface area contributed by atoms with Crippen molar-refractivity contribution in [1.82, 2.24) is 5.16 Å². The van der Waals surface area contributed by atoms with Gasteiger partial charge >= 0.3 is 5.97 Å². The van der Waals surface area contributed by atoms with E-state index in [1.54, 1.807) is 0 Å². The van der Waals surface area contributed by atoms with E-state index >= 15 is 0 Å². The molecule has 0 aliphatic heterocycles. The summed E-state index contributed by atoms with van der Waals surface area (Å²) >= 11 is 0. The maximum atomic E-state index is 10.7. The van der Waals surface area contributed by atoms with E-state index < -0.39 is 5.97 Å². The zero-order chi connectivity index (χ0) is 11.8. The number of benzene rings is 1. The summed E-state index contributed by atoms with van der Waals surface area (Å²) in [4.78, 5) is 10.7. The number of hydrogen-bond acceptors (Lipinski definition) is 3. The Labute approximate surface area is 97.9 Å². The lowest BCUT2D eigenvalue weighted by atomic mass is 10.0. The largest absolute Gasteiger partial charge is 0.476 e. The molecule has 0 bridgehead atoms. The van der Waals surface area contributed by atoms with Gasteiger partial charge in [-0.1, -0.05) is 17.3 Å². The maximum absolute atomic E-state index is 10.7. The Balaban J connectivity index is 2.00. The monoisotopic (exact) mass is 229 g/mol. The summed E-state index contributed by atoms with van der Waals surface area (Å²) < 4.78 is 5.04. The van der Waals surface area contributed by atoms with E-state index in [0.29, 0.717) is 5.76 Å². The van der Waals surface area contributed by atoms with Crippen LogP contribution in [0.4, 0.5) is 0 Å². The first-order valence-corrected chi connectivity index (χ1v) is 5.56. The number of carboxylic acids is 1. The Hall–Kier alpha value is -2.10. The molecule has 0 spiro atoms. The number of carbonyl (C=O) groups is 1. The molecular formula is C13H11NO3. The van der Waals surface area contributed by atoms with Crippen LogP contribution >= 0.6 is 0 Å². The Bertz CT molecular complexity index is 586. The third-order valence-corrected chi connectivity index (χ3v) is 3.11. The molecule has 0 saturated carbocycles. The molecule has 0 atom stereocenters. The van der Waals surface area contributed by atoms with Crippen molar-refractivity contribution >= 4 is 5.97 Å². The number of carboxylic acid groups (broad SMARTS) is 1.